The second kappa shape index (κ2) is 8.05. The molecule has 21 heavy (non-hydrogen) atoms. The zero-order chi connectivity index (χ0) is 15.9. The van der Waals surface area contributed by atoms with E-state index in [1.54, 1.807) is 6.07 Å². The SMILES string of the molecule is CCCCN(CC)c1cc(NCCC)nc(C(F)(F)F)n1. The lowest BCUT2D eigenvalue weighted by atomic mass is 10.3. The van der Waals surface area contributed by atoms with Gasteiger partial charge in [0.2, 0.25) is 5.82 Å². The molecule has 0 radical (unpaired) electrons. The Hall–Kier alpha value is -1.53. The van der Waals surface area contributed by atoms with Gasteiger partial charge in [-0.2, -0.15) is 13.2 Å². The van der Waals surface area contributed by atoms with Crippen LogP contribution in [-0.4, -0.2) is 29.6 Å². The van der Waals surface area contributed by atoms with Crippen LogP contribution in [-0.2, 0) is 6.18 Å². The normalized spacial score (nSPS) is 11.5. The van der Waals surface area contributed by atoms with Crippen LogP contribution >= 0.6 is 0 Å². The monoisotopic (exact) mass is 304 g/mol. The summed E-state index contributed by atoms with van der Waals surface area (Å²) in [6, 6.07) is 1.59. The summed E-state index contributed by atoms with van der Waals surface area (Å²) in [5.74, 6) is -0.537. The van der Waals surface area contributed by atoms with E-state index < -0.39 is 12.0 Å². The Morgan fingerprint density at radius 3 is 2.38 bits per heavy atom. The number of anilines is 2. The number of hydrogen-bond donors (Lipinski definition) is 1. The molecule has 0 saturated heterocycles. The first-order valence-electron chi connectivity index (χ1n) is 7.37. The van der Waals surface area contributed by atoms with Crippen molar-refractivity contribution in [3.05, 3.63) is 11.9 Å². The van der Waals surface area contributed by atoms with Crippen LogP contribution in [0.25, 0.3) is 0 Å². The zero-order valence-electron chi connectivity index (χ0n) is 12.8. The van der Waals surface area contributed by atoms with Crippen LogP contribution in [0, 0.1) is 0 Å². The largest absolute Gasteiger partial charge is 0.451 e. The lowest BCUT2D eigenvalue weighted by Gasteiger charge is -2.23. The third-order valence-electron chi connectivity index (χ3n) is 3.01. The van der Waals surface area contributed by atoms with Crippen molar-refractivity contribution in [2.75, 3.05) is 29.9 Å². The topological polar surface area (TPSA) is 41.0 Å². The molecule has 120 valence electrons. The Kier molecular flexibility index (Phi) is 6.71. The van der Waals surface area contributed by atoms with Gasteiger partial charge in [0.15, 0.2) is 0 Å². The fourth-order valence-electron chi connectivity index (χ4n) is 1.85. The van der Waals surface area contributed by atoms with Gasteiger partial charge in [0, 0.05) is 25.7 Å². The van der Waals surface area contributed by atoms with Gasteiger partial charge in [-0.25, -0.2) is 9.97 Å². The second-order valence-corrected chi connectivity index (χ2v) is 4.79. The summed E-state index contributed by atoms with van der Waals surface area (Å²) >= 11 is 0. The van der Waals surface area contributed by atoms with Crippen molar-refractivity contribution in [3.63, 3.8) is 0 Å². The van der Waals surface area contributed by atoms with Crippen molar-refractivity contribution in [2.24, 2.45) is 0 Å². The molecule has 1 aromatic heterocycles. The van der Waals surface area contributed by atoms with Crippen LogP contribution < -0.4 is 10.2 Å². The maximum Gasteiger partial charge on any atom is 0.451 e. The highest BCUT2D eigenvalue weighted by Gasteiger charge is 2.35. The summed E-state index contributed by atoms with van der Waals surface area (Å²) in [4.78, 5) is 9.10. The third kappa shape index (κ3) is 5.40. The number of nitrogens with zero attached hydrogens (tertiary/aromatic N) is 3. The number of nitrogens with one attached hydrogen (secondary N) is 1. The lowest BCUT2D eigenvalue weighted by molar-refractivity contribution is -0.144. The van der Waals surface area contributed by atoms with E-state index in [1.165, 1.54) is 0 Å². The molecule has 1 heterocycles. The second-order valence-electron chi connectivity index (χ2n) is 4.79. The van der Waals surface area contributed by atoms with Gasteiger partial charge < -0.3 is 10.2 Å². The highest BCUT2D eigenvalue weighted by atomic mass is 19.4. The van der Waals surface area contributed by atoms with Gasteiger partial charge in [-0.15, -0.1) is 0 Å². The predicted molar refractivity (Wildman–Crippen MR) is 78.6 cm³/mol. The molecule has 4 nitrogen and oxygen atoms in total. The average molecular weight is 304 g/mol. The first-order valence-corrected chi connectivity index (χ1v) is 7.37. The molecule has 0 bridgehead atoms. The molecule has 0 aliphatic rings. The molecule has 0 saturated carbocycles. The number of rotatable bonds is 8. The van der Waals surface area contributed by atoms with E-state index in [1.807, 2.05) is 25.7 Å². The van der Waals surface area contributed by atoms with E-state index in [9.17, 15) is 13.2 Å². The first kappa shape index (κ1) is 17.5. The summed E-state index contributed by atoms with van der Waals surface area (Å²) in [6.45, 7) is 7.78. The zero-order valence-corrected chi connectivity index (χ0v) is 12.8. The van der Waals surface area contributed by atoms with Crippen molar-refractivity contribution in [1.82, 2.24) is 9.97 Å². The predicted octanol–water partition coefficient (Wildman–Crippen LogP) is 3.94. The van der Waals surface area contributed by atoms with E-state index in [-0.39, 0.29) is 5.82 Å². The number of halogens is 3. The summed E-state index contributed by atoms with van der Waals surface area (Å²) in [7, 11) is 0. The first-order chi connectivity index (χ1) is 9.92. The fraction of sp³-hybridized carbons (Fsp3) is 0.714. The Balaban J connectivity index is 3.10. The van der Waals surface area contributed by atoms with E-state index >= 15 is 0 Å². The van der Waals surface area contributed by atoms with Crippen LogP contribution in [0.5, 0.6) is 0 Å². The Bertz CT molecular complexity index is 435. The molecule has 1 aromatic rings. The van der Waals surface area contributed by atoms with E-state index in [0.717, 1.165) is 19.3 Å². The molecule has 0 aromatic carbocycles. The maximum atomic E-state index is 12.9. The van der Waals surface area contributed by atoms with Crippen molar-refractivity contribution in [1.29, 1.82) is 0 Å². The minimum absolute atomic E-state index is 0.226. The minimum Gasteiger partial charge on any atom is -0.370 e. The molecular formula is C14H23F3N4. The molecule has 0 amide bonds. The number of alkyl halides is 3. The molecule has 1 N–H and O–H groups in total. The van der Waals surface area contributed by atoms with Crippen LogP contribution in [0.4, 0.5) is 24.8 Å². The highest BCUT2D eigenvalue weighted by molar-refractivity contribution is 5.49. The fourth-order valence-corrected chi connectivity index (χ4v) is 1.85. The Morgan fingerprint density at radius 2 is 1.86 bits per heavy atom. The molecule has 1 rings (SSSR count). The van der Waals surface area contributed by atoms with Crippen LogP contribution in [0.1, 0.15) is 45.9 Å². The van der Waals surface area contributed by atoms with Gasteiger partial charge in [0.25, 0.3) is 0 Å². The quantitative estimate of drug-likeness (QED) is 0.789. The minimum atomic E-state index is -4.54. The Labute approximate surface area is 123 Å². The molecular weight excluding hydrogens is 281 g/mol. The number of aromatic nitrogens is 2. The van der Waals surface area contributed by atoms with Crippen molar-refractivity contribution in [2.45, 2.75) is 46.2 Å². The lowest BCUT2D eigenvalue weighted by Crippen LogP contribution is -2.26. The average Bonchev–Trinajstić information content (AvgIpc) is 2.45. The molecule has 0 fully saturated rings. The van der Waals surface area contributed by atoms with Gasteiger partial charge in [0.1, 0.15) is 11.6 Å². The van der Waals surface area contributed by atoms with Crippen LogP contribution in [0.2, 0.25) is 0 Å². The van der Waals surface area contributed by atoms with Gasteiger partial charge in [-0.05, 0) is 19.8 Å². The maximum absolute atomic E-state index is 12.9. The molecule has 7 heteroatoms. The third-order valence-corrected chi connectivity index (χ3v) is 3.01. The summed E-state index contributed by atoms with van der Waals surface area (Å²) in [6.07, 6.45) is -1.83. The number of unbranched alkanes of at least 4 members (excludes halogenated alkanes) is 1. The standard InChI is InChI=1S/C14H23F3N4/c1-4-7-9-21(6-3)12-10-11(18-8-5-2)19-13(20-12)14(15,16)17/h10H,4-9H2,1-3H3,(H,18,19,20). The van der Waals surface area contributed by atoms with Crippen molar-refractivity contribution < 1.29 is 13.2 Å². The molecule has 0 aliphatic heterocycles. The van der Waals surface area contributed by atoms with Crippen LogP contribution in [0.15, 0.2) is 6.07 Å². The smallest absolute Gasteiger partial charge is 0.370 e. The van der Waals surface area contributed by atoms with Gasteiger partial charge in [0.05, 0.1) is 0 Å². The van der Waals surface area contributed by atoms with E-state index in [0.29, 0.717) is 25.5 Å². The van der Waals surface area contributed by atoms with Crippen molar-refractivity contribution >= 4 is 11.6 Å². The van der Waals surface area contributed by atoms with Gasteiger partial charge in [-0.1, -0.05) is 20.3 Å². The van der Waals surface area contributed by atoms with Gasteiger partial charge in [-0.3, -0.25) is 0 Å². The summed E-state index contributed by atoms with van der Waals surface area (Å²) in [5, 5.41) is 2.90. The number of hydrogen-bond acceptors (Lipinski definition) is 4. The molecule has 0 atom stereocenters. The highest BCUT2D eigenvalue weighted by Crippen LogP contribution is 2.29. The molecule has 0 aliphatic carbocycles. The molecule has 0 unspecified atom stereocenters. The van der Waals surface area contributed by atoms with E-state index in [4.69, 9.17) is 0 Å². The van der Waals surface area contributed by atoms with Gasteiger partial charge >= 0.3 is 6.18 Å². The summed E-state index contributed by atoms with van der Waals surface area (Å²) in [5.41, 5.74) is 0. The summed E-state index contributed by atoms with van der Waals surface area (Å²) < 4.78 is 38.8. The molecule has 0 spiro atoms. The van der Waals surface area contributed by atoms with Crippen LogP contribution in [0.3, 0.4) is 0 Å². The Morgan fingerprint density at radius 1 is 1.14 bits per heavy atom. The van der Waals surface area contributed by atoms with E-state index in [2.05, 4.69) is 15.3 Å². The van der Waals surface area contributed by atoms with Crippen molar-refractivity contribution in [3.8, 4) is 0 Å².